The molecule has 4 saturated heterocycles. The van der Waals surface area contributed by atoms with Crippen molar-refractivity contribution in [2.45, 2.75) is 24.4 Å². The third-order valence-corrected chi connectivity index (χ3v) is 11.4. The highest BCUT2D eigenvalue weighted by molar-refractivity contribution is 5.48. The molecule has 0 amide bonds. The lowest BCUT2D eigenvalue weighted by Gasteiger charge is -2.17. The van der Waals surface area contributed by atoms with E-state index in [1.807, 2.05) is 48.5 Å². The predicted molar refractivity (Wildman–Crippen MR) is 179 cm³/mol. The number of benzene rings is 4. The fraction of sp³-hybridized carbons (Fsp3) is 0.400. The van der Waals surface area contributed by atoms with Crippen molar-refractivity contribution in [1.82, 2.24) is 0 Å². The standard InChI is InChI=1S/2C20H18O6/c2*1-3-15-17(25-9-23-15)5-11(1)19-13-7-22-20(14(13)8-21-19)12-2-4-16-18(6-12)26-10-24-16/h2*1-6,13-14,19-20H,7-10H2/t13-,14-,19+,20+;/m0./s1. The largest absolute Gasteiger partial charge is 0.454 e. The maximum Gasteiger partial charge on any atom is 0.231 e. The molecule has 0 aromatic heterocycles. The summed E-state index contributed by atoms with van der Waals surface area (Å²) in [5.41, 5.74) is 4.49. The van der Waals surface area contributed by atoms with Crippen molar-refractivity contribution < 1.29 is 56.8 Å². The van der Waals surface area contributed by atoms with E-state index in [4.69, 9.17) is 56.8 Å². The summed E-state index contributed by atoms with van der Waals surface area (Å²) in [5.74, 6) is 7.65. The summed E-state index contributed by atoms with van der Waals surface area (Å²) in [7, 11) is 0. The van der Waals surface area contributed by atoms with E-state index in [-0.39, 0.29) is 51.6 Å². The molecule has 4 aromatic carbocycles. The predicted octanol–water partition coefficient (Wildman–Crippen LogP) is 6.44. The van der Waals surface area contributed by atoms with Gasteiger partial charge in [0.25, 0.3) is 0 Å². The highest BCUT2D eigenvalue weighted by atomic mass is 16.7. The highest BCUT2D eigenvalue weighted by Crippen LogP contribution is 2.53. The van der Waals surface area contributed by atoms with Crippen molar-refractivity contribution >= 4 is 0 Å². The van der Waals surface area contributed by atoms with Crippen molar-refractivity contribution in [2.75, 3.05) is 53.6 Å². The van der Waals surface area contributed by atoms with Crippen molar-refractivity contribution in [1.29, 1.82) is 0 Å². The highest BCUT2D eigenvalue weighted by Gasteiger charge is 2.50. The van der Waals surface area contributed by atoms with Gasteiger partial charge < -0.3 is 56.8 Å². The molecule has 0 N–H and O–H groups in total. The normalized spacial score (nSPS) is 30.6. The Labute approximate surface area is 299 Å². The van der Waals surface area contributed by atoms with Crippen LogP contribution in [0.25, 0.3) is 0 Å². The summed E-state index contributed by atoms with van der Waals surface area (Å²) in [6, 6.07) is 24.2. The Morgan fingerprint density at radius 3 is 0.769 bits per heavy atom. The molecule has 4 aromatic rings. The fourth-order valence-electron chi connectivity index (χ4n) is 8.83. The third kappa shape index (κ3) is 5.11. The second-order valence-electron chi connectivity index (χ2n) is 14.1. The van der Waals surface area contributed by atoms with Gasteiger partial charge in [-0.3, -0.25) is 0 Å². The van der Waals surface area contributed by atoms with E-state index in [1.165, 1.54) is 0 Å². The molecular formula is C40H36O12. The molecule has 0 spiro atoms. The molecule has 12 nitrogen and oxygen atoms in total. The summed E-state index contributed by atoms with van der Waals surface area (Å²) in [6.07, 6.45) is 0.0871. The molecule has 12 heteroatoms. The van der Waals surface area contributed by atoms with Gasteiger partial charge in [-0.1, -0.05) is 24.3 Å². The van der Waals surface area contributed by atoms with Crippen molar-refractivity contribution in [3.8, 4) is 46.0 Å². The Balaban J connectivity index is 0.000000123. The van der Waals surface area contributed by atoms with Crippen LogP contribution in [0.15, 0.2) is 72.8 Å². The van der Waals surface area contributed by atoms with E-state index in [0.717, 1.165) is 68.2 Å². The fourth-order valence-corrected chi connectivity index (χ4v) is 8.83. The van der Waals surface area contributed by atoms with Gasteiger partial charge in [0.2, 0.25) is 27.2 Å². The van der Waals surface area contributed by atoms with Gasteiger partial charge in [0.05, 0.1) is 50.8 Å². The summed E-state index contributed by atoms with van der Waals surface area (Å²) in [4.78, 5) is 0. The van der Waals surface area contributed by atoms with Gasteiger partial charge in [-0.2, -0.15) is 0 Å². The van der Waals surface area contributed by atoms with Gasteiger partial charge in [0.15, 0.2) is 46.0 Å². The van der Waals surface area contributed by atoms with E-state index in [0.29, 0.717) is 50.1 Å². The van der Waals surface area contributed by atoms with Gasteiger partial charge in [-0.15, -0.1) is 0 Å². The van der Waals surface area contributed by atoms with Crippen LogP contribution in [0.1, 0.15) is 46.7 Å². The van der Waals surface area contributed by atoms with Gasteiger partial charge >= 0.3 is 0 Å². The Kier molecular flexibility index (Phi) is 7.31. The minimum Gasteiger partial charge on any atom is -0.454 e. The van der Waals surface area contributed by atoms with Crippen LogP contribution >= 0.6 is 0 Å². The van der Waals surface area contributed by atoms with E-state index < -0.39 is 0 Å². The maximum absolute atomic E-state index is 6.18. The molecule has 8 heterocycles. The van der Waals surface area contributed by atoms with E-state index in [2.05, 4.69) is 24.3 Å². The second kappa shape index (κ2) is 12.4. The molecule has 268 valence electrons. The quantitative estimate of drug-likeness (QED) is 0.233. The summed E-state index contributed by atoms with van der Waals surface area (Å²) in [5, 5.41) is 0. The molecule has 4 fully saturated rings. The Morgan fingerprint density at radius 1 is 0.288 bits per heavy atom. The van der Waals surface area contributed by atoms with Crippen molar-refractivity contribution in [2.24, 2.45) is 23.7 Å². The van der Waals surface area contributed by atoms with Crippen LogP contribution in [0.2, 0.25) is 0 Å². The molecule has 8 atom stereocenters. The Bertz CT molecular complexity index is 1730. The summed E-state index contributed by atoms with van der Waals surface area (Å²) < 4.78 is 68.4. The zero-order valence-electron chi connectivity index (χ0n) is 28.1. The molecule has 0 saturated carbocycles. The minimum absolute atomic E-state index is 0.0218. The maximum atomic E-state index is 6.18. The van der Waals surface area contributed by atoms with Crippen LogP contribution in [0.4, 0.5) is 0 Å². The average molecular weight is 709 g/mol. The molecule has 52 heavy (non-hydrogen) atoms. The first-order valence-corrected chi connectivity index (χ1v) is 17.8. The molecular weight excluding hydrogens is 672 g/mol. The molecule has 0 radical (unpaired) electrons. The number of rotatable bonds is 4. The molecule has 8 aliphatic heterocycles. The third-order valence-electron chi connectivity index (χ3n) is 11.4. The smallest absolute Gasteiger partial charge is 0.231 e. The van der Waals surface area contributed by atoms with Crippen LogP contribution < -0.4 is 37.9 Å². The van der Waals surface area contributed by atoms with Gasteiger partial charge in [-0.05, 0) is 70.8 Å². The van der Waals surface area contributed by atoms with Gasteiger partial charge in [-0.25, -0.2) is 0 Å². The topological polar surface area (TPSA) is 111 Å². The number of fused-ring (bicyclic) bond motifs is 6. The van der Waals surface area contributed by atoms with E-state index in [9.17, 15) is 0 Å². The Hall–Kier alpha value is -4.88. The molecule has 0 bridgehead atoms. The molecule has 8 aliphatic rings. The first-order chi connectivity index (χ1) is 25.7. The van der Waals surface area contributed by atoms with Gasteiger partial charge in [0, 0.05) is 23.7 Å². The lowest BCUT2D eigenvalue weighted by atomic mass is 9.85. The average Bonchev–Trinajstić information content (AvgIpc) is 4.02. The second-order valence-corrected chi connectivity index (χ2v) is 14.1. The number of ether oxygens (including phenoxy) is 12. The van der Waals surface area contributed by atoms with Crippen molar-refractivity contribution in [3.63, 3.8) is 0 Å². The van der Waals surface area contributed by atoms with Crippen LogP contribution in [0.5, 0.6) is 46.0 Å². The Morgan fingerprint density at radius 2 is 0.519 bits per heavy atom. The first-order valence-electron chi connectivity index (χ1n) is 17.8. The zero-order valence-corrected chi connectivity index (χ0v) is 28.1. The van der Waals surface area contributed by atoms with Crippen LogP contribution in [-0.4, -0.2) is 53.6 Å². The monoisotopic (exact) mass is 708 g/mol. The lowest BCUT2D eigenvalue weighted by molar-refractivity contribution is 0.0190. The van der Waals surface area contributed by atoms with E-state index >= 15 is 0 Å². The zero-order chi connectivity index (χ0) is 34.2. The van der Waals surface area contributed by atoms with Crippen LogP contribution in [0.3, 0.4) is 0 Å². The summed E-state index contributed by atoms with van der Waals surface area (Å²) in [6.45, 7) is 3.87. The SMILES string of the molecule is c1cc2c(cc1C1OCC3C(c4ccc5c(c4)OCO5)OCC13)OCO2.c1cc2c(cc1[C@H]1OC[C@H]3[C@@H]1CO[C@@H]3c1ccc3c(c1)OCO3)OCO2. The molecule has 12 rings (SSSR count). The lowest BCUT2D eigenvalue weighted by Crippen LogP contribution is -2.14. The molecule has 4 unspecified atom stereocenters. The number of hydrogen-bond donors (Lipinski definition) is 0. The minimum atomic E-state index is 0.0218. The van der Waals surface area contributed by atoms with Crippen LogP contribution in [-0.2, 0) is 18.9 Å². The van der Waals surface area contributed by atoms with Crippen molar-refractivity contribution in [3.05, 3.63) is 95.1 Å². The number of hydrogen-bond acceptors (Lipinski definition) is 12. The van der Waals surface area contributed by atoms with E-state index in [1.54, 1.807) is 0 Å². The summed E-state index contributed by atoms with van der Waals surface area (Å²) >= 11 is 0. The first kappa shape index (κ1) is 30.7. The van der Waals surface area contributed by atoms with Crippen LogP contribution in [0, 0.1) is 23.7 Å². The molecule has 0 aliphatic carbocycles. The van der Waals surface area contributed by atoms with Gasteiger partial charge in [0.1, 0.15) is 0 Å².